The van der Waals surface area contributed by atoms with Crippen molar-refractivity contribution in [3.8, 4) is 0 Å². The molecule has 0 amide bonds. The lowest BCUT2D eigenvalue weighted by Gasteiger charge is -2.29. The van der Waals surface area contributed by atoms with E-state index in [4.69, 9.17) is 0 Å². The van der Waals surface area contributed by atoms with Gasteiger partial charge < -0.3 is 10.0 Å². The van der Waals surface area contributed by atoms with Crippen molar-refractivity contribution in [1.82, 2.24) is 4.90 Å². The highest BCUT2D eigenvalue weighted by Crippen LogP contribution is 2.20. The Bertz CT molecular complexity index is 512. The van der Waals surface area contributed by atoms with Gasteiger partial charge in [-0.1, -0.05) is 60.7 Å². The summed E-state index contributed by atoms with van der Waals surface area (Å²) in [6, 6.07) is 20.6. The van der Waals surface area contributed by atoms with Gasteiger partial charge in [-0.15, -0.1) is 0 Å². The summed E-state index contributed by atoms with van der Waals surface area (Å²) >= 11 is 0. The van der Waals surface area contributed by atoms with Gasteiger partial charge in [-0.05, 0) is 44.5 Å². The first-order valence-electron chi connectivity index (χ1n) is 7.65. The number of nitrogens with zero attached hydrogens (tertiary/aromatic N) is 1. The second kappa shape index (κ2) is 7.96. The third-order valence-corrected chi connectivity index (χ3v) is 4.11. The Kier molecular flexibility index (Phi) is 5.97. The molecule has 1 N–H and O–H groups in total. The maximum Gasteiger partial charge on any atom is 0.0942 e. The fourth-order valence-corrected chi connectivity index (χ4v) is 2.55. The Morgan fingerprint density at radius 1 is 0.952 bits per heavy atom. The van der Waals surface area contributed by atoms with Crippen molar-refractivity contribution in [3.63, 3.8) is 0 Å². The van der Waals surface area contributed by atoms with Crippen molar-refractivity contribution in [2.45, 2.75) is 31.9 Å². The predicted molar refractivity (Wildman–Crippen MR) is 88.3 cm³/mol. The molecule has 0 radical (unpaired) electrons. The normalized spacial score (nSPS) is 14.1. The Labute approximate surface area is 128 Å². The van der Waals surface area contributed by atoms with Crippen LogP contribution in [0.3, 0.4) is 0 Å². The molecular formula is C19H25NO. The van der Waals surface area contributed by atoms with Crippen LogP contribution in [-0.4, -0.2) is 29.6 Å². The lowest BCUT2D eigenvalue weighted by molar-refractivity contribution is 0.0721. The molecule has 0 aliphatic heterocycles. The molecular weight excluding hydrogens is 258 g/mol. The summed E-state index contributed by atoms with van der Waals surface area (Å²) in [6.07, 6.45) is 1.75. The van der Waals surface area contributed by atoms with Gasteiger partial charge in [-0.25, -0.2) is 0 Å². The van der Waals surface area contributed by atoms with Gasteiger partial charge >= 0.3 is 0 Å². The number of hydrogen-bond donors (Lipinski definition) is 1. The average molecular weight is 283 g/mol. The first-order valence-corrected chi connectivity index (χ1v) is 7.65. The molecule has 21 heavy (non-hydrogen) atoms. The highest BCUT2D eigenvalue weighted by Gasteiger charge is 2.19. The summed E-state index contributed by atoms with van der Waals surface area (Å²) < 4.78 is 0. The lowest BCUT2D eigenvalue weighted by atomic mass is 10.0. The van der Waals surface area contributed by atoms with E-state index in [1.54, 1.807) is 0 Å². The summed E-state index contributed by atoms with van der Waals surface area (Å²) in [4.78, 5) is 2.24. The van der Waals surface area contributed by atoms with Crippen LogP contribution in [0, 0.1) is 0 Å². The number of aliphatic hydroxyl groups excluding tert-OH is 1. The topological polar surface area (TPSA) is 23.5 Å². The first-order chi connectivity index (χ1) is 10.2. The van der Waals surface area contributed by atoms with E-state index in [0.29, 0.717) is 0 Å². The molecule has 0 saturated carbocycles. The fraction of sp³-hybridized carbons (Fsp3) is 0.368. The summed E-state index contributed by atoms with van der Waals surface area (Å²) in [5, 5.41) is 10.4. The van der Waals surface area contributed by atoms with E-state index in [1.807, 2.05) is 36.4 Å². The molecule has 2 aromatic rings. The molecule has 2 unspecified atom stereocenters. The molecule has 0 heterocycles. The Morgan fingerprint density at radius 3 is 2.14 bits per heavy atom. The van der Waals surface area contributed by atoms with Crippen LogP contribution in [0.25, 0.3) is 0 Å². The molecule has 0 saturated heterocycles. The van der Waals surface area contributed by atoms with Gasteiger partial charge in [-0.2, -0.15) is 0 Å². The molecule has 2 nitrogen and oxygen atoms in total. The zero-order valence-corrected chi connectivity index (χ0v) is 12.9. The van der Waals surface area contributed by atoms with Crippen LogP contribution in [0.4, 0.5) is 0 Å². The zero-order chi connectivity index (χ0) is 15.1. The van der Waals surface area contributed by atoms with Crippen molar-refractivity contribution >= 4 is 0 Å². The zero-order valence-electron chi connectivity index (χ0n) is 12.9. The molecule has 112 valence electrons. The maximum absolute atomic E-state index is 10.4. The van der Waals surface area contributed by atoms with E-state index in [1.165, 1.54) is 5.56 Å². The number of hydrogen-bond acceptors (Lipinski definition) is 2. The Morgan fingerprint density at radius 2 is 1.52 bits per heavy atom. The molecule has 0 aliphatic rings. The van der Waals surface area contributed by atoms with Gasteiger partial charge in [0.1, 0.15) is 0 Å². The highest BCUT2D eigenvalue weighted by atomic mass is 16.3. The fourth-order valence-electron chi connectivity index (χ4n) is 2.55. The van der Waals surface area contributed by atoms with Crippen LogP contribution in [0.2, 0.25) is 0 Å². The van der Waals surface area contributed by atoms with Crippen LogP contribution < -0.4 is 0 Å². The molecule has 0 aromatic heterocycles. The summed E-state index contributed by atoms with van der Waals surface area (Å²) in [5.41, 5.74) is 2.36. The standard InChI is InChI=1S/C19H25NO/c1-16(19(21)18-13-7-4-8-14-18)20(2)15-9-12-17-10-5-3-6-11-17/h3-8,10-11,13-14,16,19,21H,9,12,15H2,1-2H3. The number of aryl methyl sites for hydroxylation is 1. The van der Waals surface area contributed by atoms with Gasteiger partial charge in [0.25, 0.3) is 0 Å². The van der Waals surface area contributed by atoms with Crippen LogP contribution in [-0.2, 0) is 6.42 Å². The third kappa shape index (κ3) is 4.69. The van der Waals surface area contributed by atoms with E-state index >= 15 is 0 Å². The SMILES string of the molecule is CC(C(O)c1ccccc1)N(C)CCCc1ccccc1. The van der Waals surface area contributed by atoms with Crippen LogP contribution in [0.15, 0.2) is 60.7 Å². The molecule has 0 fully saturated rings. The quantitative estimate of drug-likeness (QED) is 0.838. The molecule has 2 aromatic carbocycles. The molecule has 2 heteroatoms. The Balaban J connectivity index is 1.81. The van der Waals surface area contributed by atoms with Gasteiger partial charge in [-0.3, -0.25) is 0 Å². The average Bonchev–Trinajstić information content (AvgIpc) is 2.55. The van der Waals surface area contributed by atoms with Gasteiger partial charge in [0.05, 0.1) is 6.10 Å². The van der Waals surface area contributed by atoms with E-state index in [-0.39, 0.29) is 6.04 Å². The van der Waals surface area contributed by atoms with E-state index in [9.17, 15) is 5.11 Å². The number of likely N-dealkylation sites (N-methyl/N-ethyl adjacent to an activating group) is 1. The van der Waals surface area contributed by atoms with E-state index in [2.05, 4.69) is 43.1 Å². The number of benzene rings is 2. The lowest BCUT2D eigenvalue weighted by Crippen LogP contribution is -2.35. The molecule has 0 spiro atoms. The van der Waals surface area contributed by atoms with Gasteiger partial charge in [0, 0.05) is 6.04 Å². The van der Waals surface area contributed by atoms with Crippen LogP contribution in [0.1, 0.15) is 30.6 Å². The second-order valence-electron chi connectivity index (χ2n) is 5.67. The number of rotatable bonds is 7. The van der Waals surface area contributed by atoms with Crippen LogP contribution >= 0.6 is 0 Å². The van der Waals surface area contributed by atoms with Crippen molar-refractivity contribution in [2.75, 3.05) is 13.6 Å². The number of aliphatic hydroxyl groups is 1. The molecule has 0 bridgehead atoms. The smallest absolute Gasteiger partial charge is 0.0942 e. The van der Waals surface area contributed by atoms with Crippen molar-refractivity contribution in [3.05, 3.63) is 71.8 Å². The van der Waals surface area contributed by atoms with E-state index < -0.39 is 6.10 Å². The summed E-state index contributed by atoms with van der Waals surface area (Å²) in [6.45, 7) is 3.07. The first kappa shape index (κ1) is 15.7. The summed E-state index contributed by atoms with van der Waals surface area (Å²) in [7, 11) is 2.09. The minimum absolute atomic E-state index is 0.114. The van der Waals surface area contributed by atoms with Crippen LogP contribution in [0.5, 0.6) is 0 Å². The van der Waals surface area contributed by atoms with Crippen molar-refractivity contribution in [1.29, 1.82) is 0 Å². The minimum atomic E-state index is -0.437. The molecule has 2 rings (SSSR count). The van der Waals surface area contributed by atoms with E-state index in [0.717, 1.165) is 24.9 Å². The third-order valence-electron chi connectivity index (χ3n) is 4.11. The molecule has 2 atom stereocenters. The molecule has 0 aliphatic carbocycles. The maximum atomic E-state index is 10.4. The van der Waals surface area contributed by atoms with Gasteiger partial charge in [0.15, 0.2) is 0 Å². The predicted octanol–water partition coefficient (Wildman–Crippen LogP) is 3.67. The Hall–Kier alpha value is -1.64. The minimum Gasteiger partial charge on any atom is -0.387 e. The van der Waals surface area contributed by atoms with Crippen molar-refractivity contribution in [2.24, 2.45) is 0 Å². The van der Waals surface area contributed by atoms with Gasteiger partial charge in [0.2, 0.25) is 0 Å². The highest BCUT2D eigenvalue weighted by molar-refractivity contribution is 5.18. The second-order valence-corrected chi connectivity index (χ2v) is 5.67. The largest absolute Gasteiger partial charge is 0.387 e. The van der Waals surface area contributed by atoms with Crippen molar-refractivity contribution < 1.29 is 5.11 Å². The monoisotopic (exact) mass is 283 g/mol. The summed E-state index contributed by atoms with van der Waals surface area (Å²) in [5.74, 6) is 0.